The summed E-state index contributed by atoms with van der Waals surface area (Å²) in [6, 6.07) is 34.9. The van der Waals surface area contributed by atoms with E-state index in [1.165, 1.54) is 86.5 Å². The second-order valence-electron chi connectivity index (χ2n) is 15.5. The maximum absolute atomic E-state index is 7.18. The van der Waals surface area contributed by atoms with E-state index in [1.54, 1.807) is 0 Å². The van der Waals surface area contributed by atoms with Crippen molar-refractivity contribution in [3.8, 4) is 22.5 Å². The zero-order valence-electron chi connectivity index (χ0n) is 34.8. The van der Waals surface area contributed by atoms with Crippen molar-refractivity contribution >= 4 is 0 Å². The van der Waals surface area contributed by atoms with E-state index in [9.17, 15) is 0 Å². The molecule has 2 heterocycles. The fourth-order valence-electron chi connectivity index (χ4n) is 7.43. The maximum Gasteiger partial charge on any atom is 0.127 e. The van der Waals surface area contributed by atoms with Gasteiger partial charge in [0, 0.05) is 11.1 Å². The normalized spacial score (nSPS) is 12.4. The lowest BCUT2D eigenvalue weighted by Gasteiger charge is -2.25. The second-order valence-corrected chi connectivity index (χ2v) is 15.5. The van der Waals surface area contributed by atoms with Crippen molar-refractivity contribution in [1.82, 2.24) is 19.9 Å². The van der Waals surface area contributed by atoms with Crippen molar-refractivity contribution in [3.63, 3.8) is 0 Å². The maximum atomic E-state index is 7.18. The van der Waals surface area contributed by atoms with Gasteiger partial charge in [-0.3, -0.25) is 19.9 Å². The van der Waals surface area contributed by atoms with E-state index in [0.29, 0.717) is 0 Å². The highest BCUT2D eigenvalue weighted by molar-refractivity contribution is 5.59. The van der Waals surface area contributed by atoms with E-state index in [4.69, 9.17) is 24.7 Å². The Morgan fingerprint density at radius 1 is 0.386 bits per heavy atom. The number of benzene rings is 4. The van der Waals surface area contributed by atoms with Gasteiger partial charge in [0.2, 0.25) is 0 Å². The number of aryl methyl sites for hydroxylation is 4. The van der Waals surface area contributed by atoms with Gasteiger partial charge in [0.1, 0.15) is 12.2 Å². The largest absolute Gasteiger partial charge is 0.353 e. The average Bonchev–Trinajstić information content (AvgIpc) is 3.27. The van der Waals surface area contributed by atoms with Crippen LogP contribution >= 0.6 is 0 Å². The molecule has 0 amide bonds. The van der Waals surface area contributed by atoms with Gasteiger partial charge in [-0.2, -0.15) is 0 Å². The van der Waals surface area contributed by atoms with Crippen LogP contribution in [0.25, 0.3) is 22.5 Å². The average molecular weight is 759 g/mol. The van der Waals surface area contributed by atoms with Crippen LogP contribution < -0.4 is 0 Å². The summed E-state index contributed by atoms with van der Waals surface area (Å²) in [6.07, 6.45) is 23.6. The lowest BCUT2D eigenvalue weighted by atomic mass is 10.0. The summed E-state index contributed by atoms with van der Waals surface area (Å²) in [5.41, 5.74) is 12.7. The van der Waals surface area contributed by atoms with Gasteiger partial charge in [0.15, 0.2) is 0 Å². The van der Waals surface area contributed by atoms with Crippen LogP contribution in [0.4, 0.5) is 0 Å². The van der Waals surface area contributed by atoms with Gasteiger partial charge < -0.3 is 4.74 Å². The Labute approximate surface area is 342 Å². The number of hydrogen-bond acceptors (Lipinski definition) is 5. The molecule has 0 aliphatic carbocycles. The minimum atomic E-state index is -0.487. The van der Waals surface area contributed by atoms with Crippen molar-refractivity contribution < 1.29 is 4.74 Å². The summed E-state index contributed by atoms with van der Waals surface area (Å²) in [5, 5.41) is 0. The number of unbranched alkanes of at least 4 members (excludes halogenated alkanes) is 8. The Kier molecular flexibility index (Phi) is 16.1. The molecule has 5 heteroatoms. The number of rotatable bonds is 22. The quantitative estimate of drug-likeness (QED) is 0.0645. The minimum Gasteiger partial charge on any atom is -0.353 e. The molecule has 0 fully saturated rings. The van der Waals surface area contributed by atoms with E-state index in [1.807, 2.05) is 24.8 Å². The molecule has 296 valence electrons. The molecule has 2 unspecified atom stereocenters. The van der Waals surface area contributed by atoms with Crippen molar-refractivity contribution in [2.24, 2.45) is 0 Å². The third-order valence-corrected chi connectivity index (χ3v) is 11.2. The molecule has 6 rings (SSSR count). The molecule has 6 aromatic rings. The van der Waals surface area contributed by atoms with E-state index < -0.39 is 12.2 Å². The first-order chi connectivity index (χ1) is 28.1. The SMILES string of the molecule is CCCCCCCc1ccc(-c2cnc(C(OC(c3ccc(CC)cc3)c3cnc(-c4ccc(CCCCCCC)cc4)cn3)c3ccc(CC)cc3)cn2)cc1. The van der Waals surface area contributed by atoms with Crippen LogP contribution in [0.2, 0.25) is 0 Å². The fraction of sp³-hybridized carbons (Fsp3) is 0.385. The third kappa shape index (κ3) is 12.0. The zero-order valence-corrected chi connectivity index (χ0v) is 34.8. The van der Waals surface area contributed by atoms with Crippen LogP contribution in [-0.2, 0) is 30.4 Å². The Balaban J connectivity index is 1.25. The van der Waals surface area contributed by atoms with Crippen molar-refractivity contribution in [2.75, 3.05) is 0 Å². The Morgan fingerprint density at radius 2 is 0.754 bits per heavy atom. The molecular formula is C52H62N4O. The van der Waals surface area contributed by atoms with Crippen molar-refractivity contribution in [2.45, 2.75) is 130 Å². The molecule has 0 radical (unpaired) electrons. The zero-order chi connectivity index (χ0) is 39.7. The molecule has 57 heavy (non-hydrogen) atoms. The molecule has 0 saturated heterocycles. The van der Waals surface area contributed by atoms with Crippen LogP contribution in [0.3, 0.4) is 0 Å². The van der Waals surface area contributed by atoms with Gasteiger partial charge in [-0.15, -0.1) is 0 Å². The lowest BCUT2D eigenvalue weighted by Crippen LogP contribution is -2.16. The molecule has 5 nitrogen and oxygen atoms in total. The predicted octanol–water partition coefficient (Wildman–Crippen LogP) is 13.6. The van der Waals surface area contributed by atoms with Crippen LogP contribution in [0.1, 0.15) is 149 Å². The molecule has 0 bridgehead atoms. The highest BCUT2D eigenvalue weighted by Crippen LogP contribution is 2.36. The Morgan fingerprint density at radius 3 is 1.09 bits per heavy atom. The Hall–Kier alpha value is -5.00. The van der Waals surface area contributed by atoms with Crippen molar-refractivity contribution in [1.29, 1.82) is 0 Å². The smallest absolute Gasteiger partial charge is 0.127 e. The summed E-state index contributed by atoms with van der Waals surface area (Å²) in [4.78, 5) is 19.9. The molecule has 0 saturated carbocycles. The molecule has 0 aliphatic rings. The van der Waals surface area contributed by atoms with E-state index >= 15 is 0 Å². The summed E-state index contributed by atoms with van der Waals surface area (Å²) in [7, 11) is 0. The topological polar surface area (TPSA) is 60.8 Å². The van der Waals surface area contributed by atoms with E-state index in [-0.39, 0.29) is 0 Å². The molecular weight excluding hydrogens is 697 g/mol. The molecule has 0 spiro atoms. The third-order valence-electron chi connectivity index (χ3n) is 11.2. The second kappa shape index (κ2) is 22.1. The fourth-order valence-corrected chi connectivity index (χ4v) is 7.43. The minimum absolute atomic E-state index is 0.487. The van der Waals surface area contributed by atoms with E-state index in [0.717, 1.165) is 70.7 Å². The van der Waals surface area contributed by atoms with Gasteiger partial charge in [0.25, 0.3) is 0 Å². The van der Waals surface area contributed by atoms with Gasteiger partial charge in [-0.1, -0.05) is 176 Å². The van der Waals surface area contributed by atoms with Gasteiger partial charge >= 0.3 is 0 Å². The van der Waals surface area contributed by atoms with Crippen LogP contribution in [0.15, 0.2) is 122 Å². The summed E-state index contributed by atoms with van der Waals surface area (Å²) >= 11 is 0. The lowest BCUT2D eigenvalue weighted by molar-refractivity contribution is 0.0258. The summed E-state index contributed by atoms with van der Waals surface area (Å²) in [6.45, 7) is 8.88. The van der Waals surface area contributed by atoms with Crippen LogP contribution in [0.5, 0.6) is 0 Å². The molecule has 2 atom stereocenters. The van der Waals surface area contributed by atoms with Crippen LogP contribution in [-0.4, -0.2) is 19.9 Å². The first-order valence-corrected chi connectivity index (χ1v) is 21.7. The highest BCUT2D eigenvalue weighted by Gasteiger charge is 2.26. The van der Waals surface area contributed by atoms with E-state index in [2.05, 4.69) is 125 Å². The summed E-state index contributed by atoms with van der Waals surface area (Å²) < 4.78 is 7.18. The molecule has 0 N–H and O–H groups in total. The first kappa shape index (κ1) is 41.6. The first-order valence-electron chi connectivity index (χ1n) is 21.7. The van der Waals surface area contributed by atoms with Crippen molar-refractivity contribution in [3.05, 3.63) is 167 Å². The van der Waals surface area contributed by atoms with Gasteiger partial charge in [0.05, 0.1) is 47.6 Å². The number of aromatic nitrogens is 4. The monoisotopic (exact) mass is 758 g/mol. The molecule has 4 aromatic carbocycles. The molecule has 0 aliphatic heterocycles. The van der Waals surface area contributed by atoms with Gasteiger partial charge in [-0.25, -0.2) is 0 Å². The number of nitrogens with zero attached hydrogens (tertiary/aromatic N) is 4. The highest BCUT2D eigenvalue weighted by atomic mass is 16.5. The predicted molar refractivity (Wildman–Crippen MR) is 236 cm³/mol. The number of hydrogen-bond donors (Lipinski definition) is 0. The van der Waals surface area contributed by atoms with Crippen LogP contribution in [0, 0.1) is 0 Å². The van der Waals surface area contributed by atoms with Gasteiger partial charge in [-0.05, 0) is 71.9 Å². The summed E-state index contributed by atoms with van der Waals surface area (Å²) in [5.74, 6) is 0. The standard InChI is InChI=1S/C52H62N4O/c1-5-9-11-13-15-17-41-23-27-43(28-24-41)47-35-55-49(37-53-47)51(45-31-19-39(7-3)20-32-45)57-52(46-33-21-40(8-4)22-34-46)50-38-54-48(36-56-50)44-29-25-42(26-30-44)18-16-14-12-10-6-2/h19-38,51-52H,5-18H2,1-4H3. The Bertz CT molecular complexity index is 1870. The number of ether oxygens (including phenoxy) is 1. The molecule has 2 aromatic heterocycles.